The minimum atomic E-state index is -4.92. The molecule has 0 aliphatic heterocycles. The maximum atomic E-state index is 10.4. The van der Waals surface area contributed by atoms with Crippen molar-refractivity contribution in [2.24, 2.45) is 0 Å². The number of hydrogen-bond donors (Lipinski definition) is 6. The Morgan fingerprint density at radius 1 is 1.24 bits per heavy atom. The second kappa shape index (κ2) is 5.85. The van der Waals surface area contributed by atoms with E-state index < -0.39 is 47.5 Å². The van der Waals surface area contributed by atoms with Crippen molar-refractivity contribution < 1.29 is 49.3 Å². The van der Waals surface area contributed by atoms with E-state index in [1.165, 1.54) is 0 Å². The Balaban J connectivity index is 4.53. The Bertz CT molecular complexity index is 350. The zero-order valence-electron chi connectivity index (χ0n) is 9.41. The monoisotopic (exact) mass is 297 g/mol. The van der Waals surface area contributed by atoms with Crippen molar-refractivity contribution in [2.75, 3.05) is 13.2 Å². The molecule has 0 aromatic heterocycles. The van der Waals surface area contributed by atoms with Crippen molar-refractivity contribution in [3.8, 4) is 0 Å². The lowest BCUT2D eigenvalue weighted by Crippen LogP contribution is -2.45. The van der Waals surface area contributed by atoms with Crippen LogP contribution in [0.4, 0.5) is 0 Å². The summed E-state index contributed by atoms with van der Waals surface area (Å²) in [4.78, 5) is 33.5. The molecule has 0 bridgehead atoms. The molecule has 0 amide bonds. The average Bonchev–Trinajstić information content (AvgIpc) is 2.20. The number of aliphatic hydroxyl groups is 2. The first-order valence-electron chi connectivity index (χ1n) is 4.70. The number of aliphatic hydroxyl groups excluding tert-OH is 1. The van der Waals surface area contributed by atoms with Crippen LogP contribution in [0.25, 0.3) is 0 Å². The normalized spacial score (nSPS) is 19.5. The third-order valence-electron chi connectivity index (χ3n) is 1.50. The lowest BCUT2D eigenvalue weighted by atomic mass is 10.0. The van der Waals surface area contributed by atoms with Crippen molar-refractivity contribution in [3.05, 3.63) is 0 Å². The molecule has 0 aliphatic rings. The molecule has 0 aliphatic carbocycles. The van der Waals surface area contributed by atoms with Crippen LogP contribution in [0.3, 0.4) is 0 Å². The number of rotatable bonds is 7. The first-order chi connectivity index (χ1) is 7.90. The molecule has 0 saturated carbocycles. The van der Waals surface area contributed by atoms with Crippen molar-refractivity contribution in [1.29, 1.82) is 0 Å². The smallest absolute Gasteiger partial charge is 0.388 e. The van der Waals surface area contributed by atoms with Gasteiger partial charge in [0.25, 0.3) is 0 Å². The molecule has 0 fully saturated rings. The van der Waals surface area contributed by atoms with Gasteiger partial charge in [0.05, 0.1) is 13.2 Å². The predicted octanol–water partition coefficient (Wildman–Crippen LogP) is -1.68. The highest BCUT2D eigenvalue weighted by Crippen LogP contribution is 2.38. The van der Waals surface area contributed by atoms with Gasteiger partial charge in [-0.2, -0.15) is 0 Å². The molecular formula is C5H14O10P2. The summed E-state index contributed by atoms with van der Waals surface area (Å²) < 4.78 is 35.5. The van der Waals surface area contributed by atoms with Crippen LogP contribution in [0.5, 0.6) is 0 Å². The van der Waals surface area contributed by atoms with Crippen molar-refractivity contribution in [3.63, 3.8) is 0 Å². The third-order valence-corrected chi connectivity index (χ3v) is 2.45. The summed E-state index contributed by atoms with van der Waals surface area (Å²) in [5.41, 5.74) is -2.43. The van der Waals surface area contributed by atoms with Gasteiger partial charge < -0.3 is 29.8 Å². The molecule has 12 heteroatoms. The first-order valence-corrected chi connectivity index (χ1v) is 7.05. The van der Waals surface area contributed by atoms with Gasteiger partial charge in [-0.15, -0.1) is 0 Å². The predicted molar refractivity (Wildman–Crippen MR) is 52.6 cm³/mol. The van der Waals surface area contributed by atoms with Crippen LogP contribution in [0.2, 0.25) is 0 Å². The maximum absolute atomic E-state index is 10.4. The Kier molecular flexibility index (Phi) is 5.23. The van der Waals surface area contributed by atoms with Gasteiger partial charge in [0.2, 0.25) is 0 Å². The third kappa shape index (κ3) is 8.81. The van der Waals surface area contributed by atoms with E-state index in [2.05, 4.69) is 9.05 Å². The molecule has 10 nitrogen and oxygen atoms in total. The highest BCUT2D eigenvalue weighted by Gasteiger charge is 2.35. The second-order valence-corrected chi connectivity index (χ2v) is 5.65. The van der Waals surface area contributed by atoms with Crippen LogP contribution in [0.15, 0.2) is 0 Å². The SMILES string of the molecule is [2H]C[C@](O)(COP(=O)(O)O)[C@H](O)COP(=O)(O)O. The molecule has 0 aromatic rings. The van der Waals surface area contributed by atoms with E-state index in [9.17, 15) is 19.3 Å². The quantitative estimate of drug-likeness (QED) is 0.298. The Morgan fingerprint density at radius 3 is 2.06 bits per heavy atom. The minimum Gasteiger partial charge on any atom is -0.388 e. The Hall–Kier alpha value is 0.140. The Labute approximate surface area is 97.7 Å². The summed E-state index contributed by atoms with van der Waals surface area (Å²) in [5.74, 6) is 0. The average molecular weight is 297 g/mol. The largest absolute Gasteiger partial charge is 0.469 e. The molecular weight excluding hydrogens is 282 g/mol. The number of phosphoric acid groups is 2. The highest BCUT2D eigenvalue weighted by atomic mass is 31.2. The zero-order chi connectivity index (χ0) is 14.6. The van der Waals surface area contributed by atoms with Crippen molar-refractivity contribution in [1.82, 2.24) is 0 Å². The summed E-state index contributed by atoms with van der Waals surface area (Å²) in [7, 11) is -9.79. The van der Waals surface area contributed by atoms with Crippen LogP contribution in [-0.4, -0.2) is 54.7 Å². The first kappa shape index (κ1) is 15.2. The number of phosphoric ester groups is 2. The molecule has 0 radical (unpaired) electrons. The molecule has 0 saturated heterocycles. The molecule has 0 unspecified atom stereocenters. The van der Waals surface area contributed by atoms with Gasteiger partial charge in [-0.05, 0) is 6.90 Å². The van der Waals surface area contributed by atoms with E-state index in [1.807, 2.05) is 0 Å². The van der Waals surface area contributed by atoms with Gasteiger partial charge >= 0.3 is 15.6 Å². The fourth-order valence-corrected chi connectivity index (χ4v) is 1.34. The summed E-state index contributed by atoms with van der Waals surface area (Å²) >= 11 is 0. The molecule has 0 aromatic carbocycles. The molecule has 6 N–H and O–H groups in total. The van der Waals surface area contributed by atoms with Crippen molar-refractivity contribution in [2.45, 2.75) is 18.6 Å². The lowest BCUT2D eigenvalue weighted by Gasteiger charge is -2.28. The highest BCUT2D eigenvalue weighted by molar-refractivity contribution is 7.46. The summed E-state index contributed by atoms with van der Waals surface area (Å²) in [5, 5.41) is 19.0. The van der Waals surface area contributed by atoms with E-state index in [1.54, 1.807) is 0 Å². The maximum Gasteiger partial charge on any atom is 0.469 e. The van der Waals surface area contributed by atoms with Gasteiger partial charge in [-0.3, -0.25) is 9.05 Å². The molecule has 2 atom stereocenters. The van der Waals surface area contributed by atoms with Gasteiger partial charge in [-0.25, -0.2) is 9.13 Å². The topological polar surface area (TPSA) is 174 Å². The second-order valence-electron chi connectivity index (χ2n) is 3.17. The van der Waals surface area contributed by atoms with E-state index in [0.29, 0.717) is 0 Å². The molecule has 0 rings (SSSR count). The van der Waals surface area contributed by atoms with Gasteiger partial charge in [0, 0.05) is 1.37 Å². The van der Waals surface area contributed by atoms with Crippen LogP contribution in [0.1, 0.15) is 8.27 Å². The van der Waals surface area contributed by atoms with Crippen LogP contribution >= 0.6 is 15.6 Å². The molecule has 0 heterocycles. The lowest BCUT2D eigenvalue weighted by molar-refractivity contribution is -0.105. The summed E-state index contributed by atoms with van der Waals surface area (Å²) in [6, 6.07) is 0. The standard InChI is InChI=1S/C5H14O10P2/c1-5(7,3-15-17(11,12)13)4(6)2-14-16(8,9)10/h4,6-7H,2-3H2,1H3,(H2,8,9,10)(H2,11,12,13)/t4-,5+/m1/s1/i1D. The van der Waals surface area contributed by atoms with Crippen LogP contribution in [-0.2, 0) is 18.2 Å². The minimum absolute atomic E-state index is 0.932. The zero-order valence-corrected chi connectivity index (χ0v) is 10.2. The molecule has 104 valence electrons. The Morgan fingerprint density at radius 2 is 1.71 bits per heavy atom. The van der Waals surface area contributed by atoms with E-state index in [4.69, 9.17) is 20.9 Å². The van der Waals surface area contributed by atoms with E-state index in [0.717, 1.165) is 0 Å². The van der Waals surface area contributed by atoms with Crippen molar-refractivity contribution >= 4 is 15.6 Å². The van der Waals surface area contributed by atoms with Gasteiger partial charge in [-0.1, -0.05) is 0 Å². The molecule has 0 spiro atoms. The van der Waals surface area contributed by atoms with E-state index in [-0.39, 0.29) is 0 Å². The van der Waals surface area contributed by atoms with Crippen LogP contribution in [0, 0.1) is 0 Å². The fourth-order valence-electron chi connectivity index (χ4n) is 0.615. The molecule has 17 heavy (non-hydrogen) atoms. The summed E-state index contributed by atoms with van der Waals surface area (Å²) in [6.45, 7) is -3.07. The van der Waals surface area contributed by atoms with Gasteiger partial charge in [0.15, 0.2) is 0 Å². The van der Waals surface area contributed by atoms with E-state index >= 15 is 0 Å². The fraction of sp³-hybridized carbons (Fsp3) is 1.00. The van der Waals surface area contributed by atoms with Crippen LogP contribution < -0.4 is 0 Å². The number of hydrogen-bond acceptors (Lipinski definition) is 6. The van der Waals surface area contributed by atoms with Gasteiger partial charge in [0.1, 0.15) is 11.7 Å². The summed E-state index contributed by atoms with van der Waals surface area (Å²) in [6.07, 6.45) is -1.98.